The lowest BCUT2D eigenvalue weighted by Crippen LogP contribution is -2.39. The molecule has 0 spiro atoms. The van der Waals surface area contributed by atoms with Gasteiger partial charge in [-0.05, 0) is 55.3 Å². The van der Waals surface area contributed by atoms with E-state index >= 15 is 0 Å². The SMILES string of the molecule is CC(C)CN(C(=O)c1ccc(Br)cc1)C(C)c1nc2ccc(Cl)cc2c(=O)n1C. The molecule has 0 saturated heterocycles. The third kappa shape index (κ3) is 4.54. The Morgan fingerprint density at radius 1 is 1.17 bits per heavy atom. The first-order valence-corrected chi connectivity index (χ1v) is 10.6. The number of carbonyl (C=O) groups excluding carboxylic acids is 1. The fourth-order valence-corrected chi connectivity index (χ4v) is 3.78. The first-order valence-electron chi connectivity index (χ1n) is 9.41. The molecule has 2 aromatic carbocycles. The largest absolute Gasteiger partial charge is 0.328 e. The van der Waals surface area contributed by atoms with Gasteiger partial charge in [-0.1, -0.05) is 41.4 Å². The second-order valence-corrected chi connectivity index (χ2v) is 8.88. The number of hydrogen-bond donors (Lipinski definition) is 0. The summed E-state index contributed by atoms with van der Waals surface area (Å²) < 4.78 is 2.42. The van der Waals surface area contributed by atoms with Crippen molar-refractivity contribution >= 4 is 44.3 Å². The lowest BCUT2D eigenvalue weighted by atomic mass is 10.1. The third-order valence-electron chi connectivity index (χ3n) is 4.83. The van der Waals surface area contributed by atoms with Crippen molar-refractivity contribution in [3.63, 3.8) is 0 Å². The van der Waals surface area contributed by atoms with Gasteiger partial charge in [-0.2, -0.15) is 0 Å². The van der Waals surface area contributed by atoms with E-state index in [4.69, 9.17) is 16.6 Å². The number of rotatable bonds is 5. The molecule has 1 aromatic heterocycles. The van der Waals surface area contributed by atoms with Gasteiger partial charge in [0.1, 0.15) is 5.82 Å². The first-order chi connectivity index (χ1) is 13.7. The Labute approximate surface area is 183 Å². The lowest BCUT2D eigenvalue weighted by Gasteiger charge is -2.31. The number of nitrogens with zero attached hydrogens (tertiary/aromatic N) is 3. The molecule has 0 N–H and O–H groups in total. The topological polar surface area (TPSA) is 55.2 Å². The van der Waals surface area contributed by atoms with Crippen LogP contribution in [0, 0.1) is 5.92 Å². The van der Waals surface area contributed by atoms with Crippen molar-refractivity contribution in [2.24, 2.45) is 13.0 Å². The van der Waals surface area contributed by atoms with Gasteiger partial charge >= 0.3 is 0 Å². The molecule has 0 aliphatic rings. The monoisotopic (exact) mass is 475 g/mol. The highest BCUT2D eigenvalue weighted by Crippen LogP contribution is 2.24. The van der Waals surface area contributed by atoms with Crippen molar-refractivity contribution in [3.05, 3.63) is 73.7 Å². The Hall–Kier alpha value is -2.18. The fourth-order valence-electron chi connectivity index (χ4n) is 3.34. The van der Waals surface area contributed by atoms with Crippen LogP contribution in [0.1, 0.15) is 43.0 Å². The number of halogens is 2. The molecule has 1 atom stereocenters. The Bertz CT molecular complexity index is 1110. The van der Waals surface area contributed by atoms with Crippen LogP contribution in [0.4, 0.5) is 0 Å². The van der Waals surface area contributed by atoms with E-state index in [1.54, 1.807) is 42.3 Å². The molecule has 152 valence electrons. The fraction of sp³-hybridized carbons (Fsp3) is 0.318. The van der Waals surface area contributed by atoms with E-state index in [2.05, 4.69) is 29.8 Å². The molecule has 3 aromatic rings. The molecule has 0 radical (unpaired) electrons. The molecule has 5 nitrogen and oxygen atoms in total. The Morgan fingerprint density at radius 2 is 1.83 bits per heavy atom. The Kier molecular flexibility index (Phi) is 6.44. The summed E-state index contributed by atoms with van der Waals surface area (Å²) in [6, 6.07) is 12.0. The maximum Gasteiger partial charge on any atom is 0.261 e. The minimum atomic E-state index is -0.383. The van der Waals surface area contributed by atoms with Crippen LogP contribution >= 0.6 is 27.5 Å². The van der Waals surface area contributed by atoms with Crippen molar-refractivity contribution in [1.29, 1.82) is 0 Å². The van der Waals surface area contributed by atoms with Crippen LogP contribution in [0.2, 0.25) is 5.02 Å². The molecule has 29 heavy (non-hydrogen) atoms. The summed E-state index contributed by atoms with van der Waals surface area (Å²) in [6.45, 7) is 6.57. The molecule has 0 bridgehead atoms. The summed E-state index contributed by atoms with van der Waals surface area (Å²) in [5.74, 6) is 0.702. The average Bonchev–Trinajstić information content (AvgIpc) is 2.68. The van der Waals surface area contributed by atoms with Crippen LogP contribution in [0.25, 0.3) is 10.9 Å². The number of carbonyl (C=O) groups is 1. The van der Waals surface area contributed by atoms with Crippen molar-refractivity contribution in [2.45, 2.75) is 26.8 Å². The van der Waals surface area contributed by atoms with Crippen molar-refractivity contribution in [1.82, 2.24) is 14.5 Å². The van der Waals surface area contributed by atoms with Gasteiger partial charge in [-0.15, -0.1) is 0 Å². The highest BCUT2D eigenvalue weighted by molar-refractivity contribution is 9.10. The molecule has 7 heteroatoms. The normalized spacial score (nSPS) is 12.4. The van der Waals surface area contributed by atoms with Gasteiger partial charge < -0.3 is 4.90 Å². The number of hydrogen-bond acceptors (Lipinski definition) is 3. The highest BCUT2D eigenvalue weighted by atomic mass is 79.9. The smallest absolute Gasteiger partial charge is 0.261 e. The summed E-state index contributed by atoms with van der Waals surface area (Å²) in [7, 11) is 1.68. The predicted octanol–water partition coefficient (Wildman–Crippen LogP) is 5.21. The van der Waals surface area contributed by atoms with Crippen LogP contribution in [0.15, 0.2) is 51.7 Å². The van der Waals surface area contributed by atoms with Crippen LogP contribution in [0.5, 0.6) is 0 Å². The van der Waals surface area contributed by atoms with Crippen LogP contribution < -0.4 is 5.56 Å². The van der Waals surface area contributed by atoms with Crippen LogP contribution in [0.3, 0.4) is 0 Å². The second-order valence-electron chi connectivity index (χ2n) is 7.53. The van der Waals surface area contributed by atoms with E-state index in [1.165, 1.54) is 4.57 Å². The van der Waals surface area contributed by atoms with Gasteiger partial charge in [0.2, 0.25) is 0 Å². The van der Waals surface area contributed by atoms with Gasteiger partial charge in [-0.3, -0.25) is 14.2 Å². The van der Waals surface area contributed by atoms with Gasteiger partial charge in [-0.25, -0.2) is 4.98 Å². The maximum atomic E-state index is 13.3. The maximum absolute atomic E-state index is 13.3. The van der Waals surface area contributed by atoms with Gasteiger partial charge in [0.25, 0.3) is 11.5 Å². The van der Waals surface area contributed by atoms with E-state index in [-0.39, 0.29) is 23.4 Å². The van der Waals surface area contributed by atoms with E-state index in [0.717, 1.165) is 4.47 Å². The first kappa shape index (κ1) is 21.5. The molecule has 1 heterocycles. The summed E-state index contributed by atoms with van der Waals surface area (Å²) in [6.07, 6.45) is 0. The molecular formula is C22H23BrClN3O2. The number of amides is 1. The number of benzene rings is 2. The molecule has 0 aliphatic heterocycles. The zero-order valence-corrected chi connectivity index (χ0v) is 19.2. The van der Waals surface area contributed by atoms with Gasteiger partial charge in [0.15, 0.2) is 0 Å². The molecule has 1 unspecified atom stereocenters. The van der Waals surface area contributed by atoms with E-state index in [1.807, 2.05) is 19.1 Å². The standard InChI is InChI=1S/C22H23BrClN3O2/c1-13(2)12-27(21(28)15-5-7-16(23)8-6-15)14(3)20-25-19-10-9-17(24)11-18(19)22(29)26(20)4/h5-11,13-14H,12H2,1-4H3. The molecule has 1 amide bonds. The van der Waals surface area contributed by atoms with Crippen LogP contribution in [-0.4, -0.2) is 26.9 Å². The lowest BCUT2D eigenvalue weighted by molar-refractivity contribution is 0.0654. The molecule has 0 saturated carbocycles. The summed E-state index contributed by atoms with van der Waals surface area (Å²) in [5.41, 5.74) is 0.984. The summed E-state index contributed by atoms with van der Waals surface area (Å²) in [5, 5.41) is 0.953. The van der Waals surface area contributed by atoms with Crippen molar-refractivity contribution < 1.29 is 4.79 Å². The molecule has 0 aliphatic carbocycles. The quantitative estimate of drug-likeness (QED) is 0.508. The molecule has 3 rings (SSSR count). The van der Waals surface area contributed by atoms with Gasteiger partial charge in [0, 0.05) is 28.7 Å². The van der Waals surface area contributed by atoms with Crippen LogP contribution in [-0.2, 0) is 7.05 Å². The zero-order chi connectivity index (χ0) is 21.3. The van der Waals surface area contributed by atoms with E-state index in [0.29, 0.717) is 33.9 Å². The Balaban J connectivity index is 2.08. The number of aromatic nitrogens is 2. The third-order valence-corrected chi connectivity index (χ3v) is 5.59. The predicted molar refractivity (Wildman–Crippen MR) is 120 cm³/mol. The number of fused-ring (bicyclic) bond motifs is 1. The van der Waals surface area contributed by atoms with E-state index in [9.17, 15) is 9.59 Å². The molecule has 0 fully saturated rings. The van der Waals surface area contributed by atoms with Gasteiger partial charge in [0.05, 0.1) is 16.9 Å². The van der Waals surface area contributed by atoms with Crippen molar-refractivity contribution in [3.8, 4) is 0 Å². The zero-order valence-electron chi connectivity index (χ0n) is 16.8. The summed E-state index contributed by atoms with van der Waals surface area (Å²) in [4.78, 5) is 32.6. The highest BCUT2D eigenvalue weighted by Gasteiger charge is 2.27. The average molecular weight is 477 g/mol. The summed E-state index contributed by atoms with van der Waals surface area (Å²) >= 11 is 9.44. The Morgan fingerprint density at radius 3 is 2.45 bits per heavy atom. The second kappa shape index (κ2) is 8.67. The minimum absolute atomic E-state index is 0.0934. The van der Waals surface area contributed by atoms with Crippen molar-refractivity contribution in [2.75, 3.05) is 6.54 Å². The molecular weight excluding hydrogens is 454 g/mol. The minimum Gasteiger partial charge on any atom is -0.328 e. The van der Waals surface area contributed by atoms with E-state index < -0.39 is 0 Å².